The Hall–Kier alpha value is -1.70. The lowest BCUT2D eigenvalue weighted by atomic mass is 9.64. The van der Waals surface area contributed by atoms with Gasteiger partial charge in [0.2, 0.25) is 0 Å². The summed E-state index contributed by atoms with van der Waals surface area (Å²) >= 11 is 0. The Morgan fingerprint density at radius 3 is 2.75 bits per heavy atom. The van der Waals surface area contributed by atoms with Crippen LogP contribution in [0.3, 0.4) is 0 Å². The summed E-state index contributed by atoms with van der Waals surface area (Å²) in [5, 5.41) is 0. The Balaban J connectivity index is 2.59. The number of aromatic nitrogens is 1. The van der Waals surface area contributed by atoms with Crippen LogP contribution in [0.4, 0.5) is 4.39 Å². The smallest absolute Gasteiger partial charge is 0.109 e. The minimum Gasteiger partial charge on any atom is -0.256 e. The molecule has 1 aliphatic carbocycles. The van der Waals surface area contributed by atoms with Crippen molar-refractivity contribution in [2.24, 2.45) is 11.3 Å². The molecule has 0 fully saturated rings. The first-order valence-electron chi connectivity index (χ1n) is 9.06. The Bertz CT molecular complexity index is 656. The van der Waals surface area contributed by atoms with Gasteiger partial charge in [0.15, 0.2) is 0 Å². The van der Waals surface area contributed by atoms with Gasteiger partial charge in [-0.1, -0.05) is 51.1 Å². The summed E-state index contributed by atoms with van der Waals surface area (Å²) in [5.74, 6) is 0.105. The number of halogens is 1. The SMILES string of the molecule is CCC=CC(C)(C(F)CC)C1CC=CC(C)=C1c1ncccc1C. The van der Waals surface area contributed by atoms with Gasteiger partial charge in [-0.2, -0.15) is 0 Å². The number of hydrogen-bond donors (Lipinski definition) is 0. The molecule has 1 heterocycles. The van der Waals surface area contributed by atoms with Gasteiger partial charge in [-0.3, -0.25) is 4.98 Å². The van der Waals surface area contributed by atoms with Crippen molar-refractivity contribution in [1.82, 2.24) is 4.98 Å². The number of nitrogens with zero attached hydrogens (tertiary/aromatic N) is 1. The van der Waals surface area contributed by atoms with E-state index in [1.807, 2.05) is 19.2 Å². The molecular weight excluding hydrogens is 297 g/mol. The van der Waals surface area contributed by atoms with E-state index >= 15 is 4.39 Å². The van der Waals surface area contributed by atoms with Crippen molar-refractivity contribution in [1.29, 1.82) is 0 Å². The molecule has 2 rings (SSSR count). The molecule has 3 unspecified atom stereocenters. The summed E-state index contributed by atoms with van der Waals surface area (Å²) in [4.78, 5) is 4.64. The van der Waals surface area contributed by atoms with Crippen LogP contribution in [0.25, 0.3) is 5.57 Å². The molecule has 0 aliphatic heterocycles. The van der Waals surface area contributed by atoms with E-state index in [1.165, 1.54) is 11.1 Å². The highest BCUT2D eigenvalue weighted by Crippen LogP contribution is 2.48. The van der Waals surface area contributed by atoms with Crippen molar-refractivity contribution in [3.63, 3.8) is 0 Å². The van der Waals surface area contributed by atoms with Gasteiger partial charge < -0.3 is 0 Å². The maximum absolute atomic E-state index is 15.1. The Morgan fingerprint density at radius 2 is 2.12 bits per heavy atom. The van der Waals surface area contributed by atoms with Crippen molar-refractivity contribution in [3.05, 3.63) is 59.5 Å². The zero-order valence-corrected chi connectivity index (χ0v) is 15.6. The van der Waals surface area contributed by atoms with Crippen molar-refractivity contribution >= 4 is 5.57 Å². The van der Waals surface area contributed by atoms with E-state index in [0.717, 1.165) is 24.1 Å². The maximum atomic E-state index is 15.1. The van der Waals surface area contributed by atoms with E-state index in [0.29, 0.717) is 6.42 Å². The Labute approximate surface area is 146 Å². The van der Waals surface area contributed by atoms with E-state index in [-0.39, 0.29) is 5.92 Å². The topological polar surface area (TPSA) is 12.9 Å². The molecule has 1 aromatic heterocycles. The number of allylic oxidation sites excluding steroid dienone is 6. The third-order valence-electron chi connectivity index (χ3n) is 5.27. The Kier molecular flexibility index (Phi) is 6.15. The molecule has 0 aromatic carbocycles. The number of aryl methyl sites for hydroxylation is 1. The number of pyridine rings is 1. The molecule has 0 saturated heterocycles. The number of alkyl halides is 1. The number of hydrogen-bond acceptors (Lipinski definition) is 1. The molecule has 0 saturated carbocycles. The monoisotopic (exact) mass is 327 g/mol. The summed E-state index contributed by atoms with van der Waals surface area (Å²) in [6, 6.07) is 4.05. The third kappa shape index (κ3) is 3.53. The zero-order valence-electron chi connectivity index (χ0n) is 15.6. The summed E-state index contributed by atoms with van der Waals surface area (Å²) in [7, 11) is 0. The van der Waals surface area contributed by atoms with Gasteiger partial charge in [-0.05, 0) is 55.9 Å². The lowest BCUT2D eigenvalue weighted by Crippen LogP contribution is -2.37. The second kappa shape index (κ2) is 7.92. The molecule has 3 atom stereocenters. The fourth-order valence-corrected chi connectivity index (χ4v) is 3.80. The molecule has 0 N–H and O–H groups in total. The summed E-state index contributed by atoms with van der Waals surface area (Å²) < 4.78 is 15.1. The van der Waals surface area contributed by atoms with Crippen LogP contribution < -0.4 is 0 Å². The fraction of sp³-hybridized carbons (Fsp3) is 0.500. The molecule has 1 aliphatic rings. The summed E-state index contributed by atoms with van der Waals surface area (Å²) in [6.07, 6.45) is 11.8. The largest absolute Gasteiger partial charge is 0.256 e. The summed E-state index contributed by atoms with van der Waals surface area (Å²) in [6.45, 7) is 10.3. The van der Waals surface area contributed by atoms with Gasteiger partial charge in [0.05, 0.1) is 5.69 Å². The first-order valence-corrected chi connectivity index (χ1v) is 9.06. The Morgan fingerprint density at radius 1 is 1.38 bits per heavy atom. The molecule has 24 heavy (non-hydrogen) atoms. The van der Waals surface area contributed by atoms with Crippen molar-refractivity contribution in [3.8, 4) is 0 Å². The van der Waals surface area contributed by atoms with E-state index in [2.05, 4.69) is 63.0 Å². The lowest BCUT2D eigenvalue weighted by Gasteiger charge is -2.41. The van der Waals surface area contributed by atoms with E-state index in [9.17, 15) is 0 Å². The molecule has 1 nitrogen and oxygen atoms in total. The molecule has 130 valence electrons. The van der Waals surface area contributed by atoms with Crippen LogP contribution in [0.2, 0.25) is 0 Å². The van der Waals surface area contributed by atoms with E-state index in [1.54, 1.807) is 0 Å². The van der Waals surface area contributed by atoms with Crippen LogP contribution in [-0.2, 0) is 0 Å². The molecular formula is C22H30FN. The van der Waals surface area contributed by atoms with Gasteiger partial charge in [-0.25, -0.2) is 4.39 Å². The van der Waals surface area contributed by atoms with Gasteiger partial charge >= 0.3 is 0 Å². The first-order chi connectivity index (χ1) is 11.5. The average Bonchev–Trinajstić information content (AvgIpc) is 2.59. The van der Waals surface area contributed by atoms with Gasteiger partial charge in [0.25, 0.3) is 0 Å². The predicted octanol–water partition coefficient (Wildman–Crippen LogP) is 6.46. The normalized spacial score (nSPS) is 22.0. The second-order valence-corrected chi connectivity index (χ2v) is 7.01. The minimum absolute atomic E-state index is 0.105. The number of rotatable bonds is 6. The molecule has 0 amide bonds. The fourth-order valence-electron chi connectivity index (χ4n) is 3.80. The molecule has 2 heteroatoms. The van der Waals surface area contributed by atoms with Crippen LogP contribution >= 0.6 is 0 Å². The van der Waals surface area contributed by atoms with Crippen molar-refractivity contribution in [2.75, 3.05) is 0 Å². The van der Waals surface area contributed by atoms with Crippen LogP contribution in [0, 0.1) is 18.3 Å². The standard InChI is InChI=1S/C22H30FN/c1-6-8-14-22(5,19(23)7-2)18-13-9-11-16(3)20(18)21-17(4)12-10-15-24-21/h8-12,14-15,18-19H,6-7,13H2,1-5H3. The van der Waals surface area contributed by atoms with Crippen LogP contribution in [-0.4, -0.2) is 11.2 Å². The first kappa shape index (κ1) is 18.6. The lowest BCUT2D eigenvalue weighted by molar-refractivity contribution is 0.126. The van der Waals surface area contributed by atoms with Crippen molar-refractivity contribution in [2.45, 2.75) is 60.1 Å². The quantitative estimate of drug-likeness (QED) is 0.546. The predicted molar refractivity (Wildman–Crippen MR) is 102 cm³/mol. The molecule has 1 aromatic rings. The maximum Gasteiger partial charge on any atom is 0.109 e. The van der Waals surface area contributed by atoms with Crippen LogP contribution in [0.15, 0.2) is 48.2 Å². The third-order valence-corrected chi connectivity index (χ3v) is 5.27. The highest BCUT2D eigenvalue weighted by atomic mass is 19.1. The van der Waals surface area contributed by atoms with E-state index < -0.39 is 11.6 Å². The summed E-state index contributed by atoms with van der Waals surface area (Å²) in [5.41, 5.74) is 4.06. The molecule has 0 bridgehead atoms. The van der Waals surface area contributed by atoms with E-state index in [4.69, 9.17) is 0 Å². The zero-order chi connectivity index (χ0) is 17.7. The van der Waals surface area contributed by atoms with Crippen molar-refractivity contribution < 1.29 is 4.39 Å². The van der Waals surface area contributed by atoms with Gasteiger partial charge in [0, 0.05) is 17.5 Å². The highest BCUT2D eigenvalue weighted by Gasteiger charge is 2.42. The van der Waals surface area contributed by atoms with Gasteiger partial charge in [-0.15, -0.1) is 0 Å². The average molecular weight is 327 g/mol. The molecule has 0 radical (unpaired) electrons. The highest BCUT2D eigenvalue weighted by molar-refractivity contribution is 5.74. The van der Waals surface area contributed by atoms with Crippen LogP contribution in [0.5, 0.6) is 0 Å². The second-order valence-electron chi connectivity index (χ2n) is 7.01. The minimum atomic E-state index is -0.872. The molecule has 0 spiro atoms. The van der Waals surface area contributed by atoms with Crippen LogP contribution in [0.1, 0.15) is 58.2 Å². The van der Waals surface area contributed by atoms with Gasteiger partial charge in [0.1, 0.15) is 6.17 Å².